The number of nitrogens with one attached hydrogen (secondary N) is 1. The normalized spacial score (nSPS) is 22.9. The Labute approximate surface area is 152 Å². The van der Waals surface area contributed by atoms with Gasteiger partial charge in [-0.1, -0.05) is 30.3 Å². The third-order valence-electron chi connectivity index (χ3n) is 5.09. The van der Waals surface area contributed by atoms with Crippen LogP contribution in [-0.2, 0) is 9.53 Å². The number of benzene rings is 1. The lowest BCUT2D eigenvalue weighted by Gasteiger charge is -2.47. The molecule has 0 bridgehead atoms. The monoisotopic (exact) mass is 357 g/mol. The van der Waals surface area contributed by atoms with Crippen LogP contribution in [0, 0.1) is 0 Å². The quantitative estimate of drug-likeness (QED) is 0.898. The van der Waals surface area contributed by atoms with Gasteiger partial charge in [0.1, 0.15) is 11.1 Å². The fraction of sp³-hybridized carbons (Fsp3) is 0.474. The zero-order valence-electron chi connectivity index (χ0n) is 14.4. The van der Waals surface area contributed by atoms with E-state index in [0.717, 1.165) is 42.2 Å². The van der Waals surface area contributed by atoms with Crippen LogP contribution >= 0.6 is 11.3 Å². The Morgan fingerprint density at radius 1 is 1.32 bits per heavy atom. The Morgan fingerprint density at radius 3 is 2.80 bits per heavy atom. The number of rotatable bonds is 2. The number of hydrogen-bond donors (Lipinski definition) is 1. The first-order valence-corrected chi connectivity index (χ1v) is 9.68. The van der Waals surface area contributed by atoms with E-state index in [9.17, 15) is 4.79 Å². The summed E-state index contributed by atoms with van der Waals surface area (Å²) in [7, 11) is 0. The molecule has 5 nitrogen and oxygen atoms in total. The molecule has 6 heteroatoms. The van der Waals surface area contributed by atoms with Crippen LogP contribution in [0.25, 0.3) is 10.6 Å². The maximum Gasteiger partial charge on any atom is 0.219 e. The molecule has 2 aromatic rings. The molecule has 1 aromatic carbocycles. The van der Waals surface area contributed by atoms with Crippen LogP contribution in [0.5, 0.6) is 0 Å². The summed E-state index contributed by atoms with van der Waals surface area (Å²) in [4.78, 5) is 18.8. The third kappa shape index (κ3) is 3.47. The molecule has 0 aliphatic carbocycles. The summed E-state index contributed by atoms with van der Waals surface area (Å²) >= 11 is 1.63. The van der Waals surface area contributed by atoms with E-state index in [-0.39, 0.29) is 17.6 Å². The minimum atomic E-state index is -0.240. The molecule has 1 spiro atoms. The van der Waals surface area contributed by atoms with E-state index < -0.39 is 0 Å². The number of morpholine rings is 1. The molecule has 2 aliphatic rings. The second kappa shape index (κ2) is 6.86. The number of piperidine rings is 1. The highest BCUT2D eigenvalue weighted by Crippen LogP contribution is 2.37. The van der Waals surface area contributed by atoms with Gasteiger partial charge in [0.2, 0.25) is 5.91 Å². The zero-order chi connectivity index (χ0) is 17.3. The Hall–Kier alpha value is -1.76. The zero-order valence-corrected chi connectivity index (χ0v) is 15.2. The molecule has 2 fully saturated rings. The number of carbonyl (C=O) groups excluding carboxylic acids is 1. The standard InChI is InChI=1S/C19H23N3O2S/c1-14(23)22-11-17(24-19(13-22)7-9-20-10-8-19)16-12-25-18(21-16)15-5-3-2-4-6-15/h2-6,12,17,20H,7-11,13H2,1H3. The average molecular weight is 357 g/mol. The van der Waals surface area contributed by atoms with Crippen LogP contribution < -0.4 is 5.32 Å². The van der Waals surface area contributed by atoms with Crippen molar-refractivity contribution in [3.8, 4) is 10.6 Å². The van der Waals surface area contributed by atoms with Crippen molar-refractivity contribution in [2.24, 2.45) is 0 Å². The van der Waals surface area contributed by atoms with Crippen molar-refractivity contribution in [3.63, 3.8) is 0 Å². The molecular weight excluding hydrogens is 334 g/mol. The number of carbonyl (C=O) groups is 1. The summed E-state index contributed by atoms with van der Waals surface area (Å²) in [5, 5.41) is 6.46. The van der Waals surface area contributed by atoms with Crippen molar-refractivity contribution < 1.29 is 9.53 Å². The van der Waals surface area contributed by atoms with Crippen molar-refractivity contribution in [2.45, 2.75) is 31.5 Å². The van der Waals surface area contributed by atoms with Gasteiger partial charge in [0, 0.05) is 24.4 Å². The van der Waals surface area contributed by atoms with Gasteiger partial charge in [0.25, 0.3) is 0 Å². The summed E-state index contributed by atoms with van der Waals surface area (Å²) in [6.45, 7) is 4.79. The van der Waals surface area contributed by atoms with E-state index in [1.165, 1.54) is 0 Å². The number of thiazole rings is 1. The predicted octanol–water partition coefficient (Wildman–Crippen LogP) is 2.85. The average Bonchev–Trinajstić information content (AvgIpc) is 3.13. The Morgan fingerprint density at radius 2 is 2.08 bits per heavy atom. The first-order chi connectivity index (χ1) is 12.2. The third-order valence-corrected chi connectivity index (χ3v) is 6.00. The van der Waals surface area contributed by atoms with E-state index in [4.69, 9.17) is 9.72 Å². The van der Waals surface area contributed by atoms with Crippen LogP contribution in [0.2, 0.25) is 0 Å². The molecule has 3 heterocycles. The second-order valence-corrected chi connectivity index (χ2v) is 7.74. The van der Waals surface area contributed by atoms with Gasteiger partial charge in [-0.05, 0) is 25.9 Å². The molecule has 1 N–H and O–H groups in total. The van der Waals surface area contributed by atoms with Gasteiger partial charge in [-0.3, -0.25) is 4.79 Å². The van der Waals surface area contributed by atoms with Crippen LogP contribution in [0.1, 0.15) is 31.6 Å². The van der Waals surface area contributed by atoms with Gasteiger partial charge in [0.15, 0.2) is 0 Å². The number of nitrogens with zero attached hydrogens (tertiary/aromatic N) is 2. The van der Waals surface area contributed by atoms with E-state index in [1.807, 2.05) is 23.1 Å². The lowest BCUT2D eigenvalue weighted by atomic mass is 9.89. The molecule has 2 aliphatic heterocycles. The van der Waals surface area contributed by atoms with Crippen molar-refractivity contribution in [1.82, 2.24) is 15.2 Å². The molecule has 1 amide bonds. The van der Waals surface area contributed by atoms with E-state index in [0.29, 0.717) is 13.1 Å². The van der Waals surface area contributed by atoms with Crippen LogP contribution in [0.4, 0.5) is 0 Å². The molecule has 132 valence electrons. The van der Waals surface area contributed by atoms with Gasteiger partial charge in [-0.15, -0.1) is 11.3 Å². The number of aromatic nitrogens is 1. The molecule has 2 saturated heterocycles. The molecule has 0 radical (unpaired) electrons. The topological polar surface area (TPSA) is 54.5 Å². The van der Waals surface area contributed by atoms with Crippen LogP contribution in [-0.4, -0.2) is 47.6 Å². The molecule has 1 aromatic heterocycles. The highest BCUT2D eigenvalue weighted by molar-refractivity contribution is 7.13. The first kappa shape index (κ1) is 16.7. The Balaban J connectivity index is 1.60. The molecule has 0 saturated carbocycles. The van der Waals surface area contributed by atoms with Crippen molar-refractivity contribution in [1.29, 1.82) is 0 Å². The van der Waals surface area contributed by atoms with Crippen molar-refractivity contribution in [3.05, 3.63) is 41.4 Å². The fourth-order valence-corrected chi connectivity index (χ4v) is 4.56. The van der Waals surface area contributed by atoms with Crippen molar-refractivity contribution in [2.75, 3.05) is 26.2 Å². The van der Waals surface area contributed by atoms with Gasteiger partial charge in [0.05, 0.1) is 17.8 Å². The SMILES string of the molecule is CC(=O)N1CC(c2csc(-c3ccccc3)n2)OC2(CCNCC2)C1. The lowest BCUT2D eigenvalue weighted by Crippen LogP contribution is -2.57. The minimum absolute atomic E-state index is 0.115. The maximum atomic E-state index is 12.1. The Bertz CT molecular complexity index is 740. The largest absolute Gasteiger partial charge is 0.362 e. The lowest BCUT2D eigenvalue weighted by molar-refractivity contribution is -0.179. The molecule has 4 rings (SSSR count). The first-order valence-electron chi connectivity index (χ1n) is 8.80. The van der Waals surface area contributed by atoms with E-state index >= 15 is 0 Å². The highest BCUT2D eigenvalue weighted by atomic mass is 32.1. The van der Waals surface area contributed by atoms with Gasteiger partial charge < -0.3 is 15.0 Å². The summed E-state index contributed by atoms with van der Waals surface area (Å²) in [6, 6.07) is 10.2. The second-order valence-electron chi connectivity index (χ2n) is 6.88. The predicted molar refractivity (Wildman–Crippen MR) is 98.5 cm³/mol. The number of ether oxygens (including phenoxy) is 1. The van der Waals surface area contributed by atoms with E-state index in [2.05, 4.69) is 22.8 Å². The van der Waals surface area contributed by atoms with Crippen LogP contribution in [0.3, 0.4) is 0 Å². The van der Waals surface area contributed by atoms with Gasteiger partial charge in [-0.2, -0.15) is 0 Å². The van der Waals surface area contributed by atoms with Gasteiger partial charge in [-0.25, -0.2) is 4.98 Å². The smallest absolute Gasteiger partial charge is 0.219 e. The number of amides is 1. The Kier molecular flexibility index (Phi) is 4.58. The van der Waals surface area contributed by atoms with E-state index in [1.54, 1.807) is 18.3 Å². The maximum absolute atomic E-state index is 12.1. The van der Waals surface area contributed by atoms with Crippen molar-refractivity contribution >= 4 is 17.2 Å². The molecular formula is C19H23N3O2S. The fourth-order valence-electron chi connectivity index (χ4n) is 3.69. The van der Waals surface area contributed by atoms with Crippen LogP contribution in [0.15, 0.2) is 35.7 Å². The minimum Gasteiger partial charge on any atom is -0.362 e. The molecule has 25 heavy (non-hydrogen) atoms. The summed E-state index contributed by atoms with van der Waals surface area (Å²) in [5.74, 6) is 0.115. The van der Waals surface area contributed by atoms with Gasteiger partial charge >= 0.3 is 0 Å². The molecule has 1 unspecified atom stereocenters. The summed E-state index contributed by atoms with van der Waals surface area (Å²) in [5.41, 5.74) is 1.82. The summed E-state index contributed by atoms with van der Waals surface area (Å²) < 4.78 is 6.54. The molecule has 1 atom stereocenters. The number of hydrogen-bond acceptors (Lipinski definition) is 5. The highest BCUT2D eigenvalue weighted by Gasteiger charge is 2.43. The summed E-state index contributed by atoms with van der Waals surface area (Å²) in [6.07, 6.45) is 1.72.